The highest BCUT2D eigenvalue weighted by atomic mass is 15.3. The maximum Gasteiger partial charge on any atom is 0.0110 e. The van der Waals surface area contributed by atoms with Crippen LogP contribution in [-0.2, 0) is 0 Å². The van der Waals surface area contributed by atoms with Gasteiger partial charge in [0.05, 0.1) is 0 Å². The third-order valence-electron chi connectivity index (χ3n) is 15.8. The van der Waals surface area contributed by atoms with Crippen molar-refractivity contribution in [2.24, 2.45) is 0 Å². The van der Waals surface area contributed by atoms with E-state index >= 15 is 0 Å². The number of unbranched alkanes of at least 4 members (excludes halogenated alkanes) is 40. The van der Waals surface area contributed by atoms with Crippen LogP contribution in [0.25, 0.3) is 0 Å². The molecule has 66 heavy (non-hydrogen) atoms. The van der Waals surface area contributed by atoms with Crippen molar-refractivity contribution in [3.05, 3.63) is 0 Å². The molecular formula is C62H128N4. The lowest BCUT2D eigenvalue weighted by Gasteiger charge is -2.35. The number of hydrogen-bond donors (Lipinski definition) is 2. The van der Waals surface area contributed by atoms with Crippen LogP contribution in [-0.4, -0.2) is 74.2 Å². The van der Waals surface area contributed by atoms with E-state index in [2.05, 4.69) is 48.1 Å². The van der Waals surface area contributed by atoms with Gasteiger partial charge in [-0.15, -0.1) is 0 Å². The van der Waals surface area contributed by atoms with Crippen LogP contribution in [0.1, 0.15) is 336 Å². The van der Waals surface area contributed by atoms with E-state index in [0.29, 0.717) is 0 Å². The van der Waals surface area contributed by atoms with Crippen molar-refractivity contribution in [2.45, 2.75) is 348 Å². The molecule has 0 amide bonds. The van der Waals surface area contributed by atoms with E-state index < -0.39 is 0 Å². The van der Waals surface area contributed by atoms with Crippen molar-refractivity contribution in [3.8, 4) is 0 Å². The summed E-state index contributed by atoms with van der Waals surface area (Å²) in [5, 5.41) is 8.23. The van der Waals surface area contributed by atoms with Gasteiger partial charge in [0.15, 0.2) is 0 Å². The SMILES string of the molecule is CCCCCCCCCCCCCC(CCCCCCCCCCCCC)NCCN1CCN(CCNC(CCCCCCCCCCCCC)CCCCCCCCCCCCC)CC1. The second-order valence-corrected chi connectivity index (χ2v) is 22.3. The summed E-state index contributed by atoms with van der Waals surface area (Å²) >= 11 is 0. The van der Waals surface area contributed by atoms with Gasteiger partial charge in [0.25, 0.3) is 0 Å². The molecule has 0 atom stereocenters. The van der Waals surface area contributed by atoms with Gasteiger partial charge in [-0.25, -0.2) is 0 Å². The van der Waals surface area contributed by atoms with Gasteiger partial charge in [0, 0.05) is 64.4 Å². The molecule has 396 valence electrons. The van der Waals surface area contributed by atoms with Crippen LogP contribution in [0.4, 0.5) is 0 Å². The molecule has 0 aromatic heterocycles. The van der Waals surface area contributed by atoms with Crippen molar-refractivity contribution < 1.29 is 0 Å². The van der Waals surface area contributed by atoms with Crippen LogP contribution in [0.5, 0.6) is 0 Å². The van der Waals surface area contributed by atoms with Gasteiger partial charge in [-0.2, -0.15) is 0 Å². The zero-order valence-electron chi connectivity index (χ0n) is 46.6. The Morgan fingerprint density at radius 1 is 0.242 bits per heavy atom. The Morgan fingerprint density at radius 2 is 0.409 bits per heavy atom. The number of nitrogens with one attached hydrogen (secondary N) is 2. The third-order valence-corrected chi connectivity index (χ3v) is 15.8. The van der Waals surface area contributed by atoms with Crippen LogP contribution in [0, 0.1) is 0 Å². The van der Waals surface area contributed by atoms with Gasteiger partial charge in [-0.05, 0) is 25.7 Å². The van der Waals surface area contributed by atoms with Gasteiger partial charge in [-0.3, -0.25) is 9.80 Å². The molecule has 1 heterocycles. The fourth-order valence-electron chi connectivity index (χ4n) is 11.0. The predicted molar refractivity (Wildman–Crippen MR) is 301 cm³/mol. The number of hydrogen-bond acceptors (Lipinski definition) is 4. The highest BCUT2D eigenvalue weighted by molar-refractivity contribution is 4.76. The molecule has 0 radical (unpaired) electrons. The molecule has 0 unspecified atom stereocenters. The zero-order valence-corrected chi connectivity index (χ0v) is 46.6. The van der Waals surface area contributed by atoms with Crippen molar-refractivity contribution >= 4 is 0 Å². The molecule has 1 aliphatic heterocycles. The number of rotatable bonds is 56. The summed E-state index contributed by atoms with van der Waals surface area (Å²) in [6.45, 7) is 19.2. The number of piperazine rings is 1. The summed E-state index contributed by atoms with van der Waals surface area (Å²) in [6.07, 6.45) is 69.3. The largest absolute Gasteiger partial charge is 0.313 e. The Morgan fingerprint density at radius 3 is 0.591 bits per heavy atom. The molecule has 1 saturated heterocycles. The first-order valence-corrected chi connectivity index (χ1v) is 31.6. The van der Waals surface area contributed by atoms with Gasteiger partial charge in [-0.1, -0.05) is 310 Å². The molecule has 1 rings (SSSR count). The third kappa shape index (κ3) is 46.2. The van der Waals surface area contributed by atoms with E-state index in [4.69, 9.17) is 0 Å². The molecule has 0 saturated carbocycles. The predicted octanol–water partition coefficient (Wildman–Crippen LogP) is 19.3. The van der Waals surface area contributed by atoms with E-state index in [-0.39, 0.29) is 0 Å². The van der Waals surface area contributed by atoms with Crippen LogP contribution >= 0.6 is 0 Å². The Bertz CT molecular complexity index is 750. The van der Waals surface area contributed by atoms with Gasteiger partial charge in [0.2, 0.25) is 0 Å². The van der Waals surface area contributed by atoms with Crippen LogP contribution < -0.4 is 10.6 Å². The van der Waals surface area contributed by atoms with Crippen LogP contribution in [0.2, 0.25) is 0 Å². The zero-order chi connectivity index (χ0) is 47.3. The molecule has 1 fully saturated rings. The molecule has 0 aromatic rings. The smallest absolute Gasteiger partial charge is 0.0110 e. The van der Waals surface area contributed by atoms with Crippen molar-refractivity contribution in [2.75, 3.05) is 52.4 Å². The molecule has 4 nitrogen and oxygen atoms in total. The Kier molecular flexibility index (Phi) is 52.4. The summed E-state index contributed by atoms with van der Waals surface area (Å²) in [5.41, 5.74) is 0. The fraction of sp³-hybridized carbons (Fsp3) is 1.00. The lowest BCUT2D eigenvalue weighted by molar-refractivity contribution is 0.131. The lowest BCUT2D eigenvalue weighted by atomic mass is 9.99. The molecular weight excluding hydrogens is 801 g/mol. The summed E-state index contributed by atoms with van der Waals surface area (Å²) in [4.78, 5) is 5.53. The lowest BCUT2D eigenvalue weighted by Crippen LogP contribution is -2.50. The topological polar surface area (TPSA) is 30.5 Å². The van der Waals surface area contributed by atoms with E-state index in [1.165, 1.54) is 361 Å². The first kappa shape index (κ1) is 63.9. The first-order chi connectivity index (χ1) is 32.7. The maximum atomic E-state index is 4.11. The van der Waals surface area contributed by atoms with Crippen molar-refractivity contribution in [3.63, 3.8) is 0 Å². The standard InChI is InChI=1S/C62H128N4/c1-5-9-13-17-21-25-29-33-37-41-45-49-61(50-46-42-38-34-30-26-22-18-14-10-6-2)63-53-55-65-57-59-66(60-58-65)56-54-64-62(51-47-43-39-35-31-27-23-19-15-11-7-3)52-48-44-40-36-32-28-24-20-16-12-8-4/h61-64H,5-60H2,1-4H3. The summed E-state index contributed by atoms with van der Waals surface area (Å²) < 4.78 is 0. The fourth-order valence-corrected chi connectivity index (χ4v) is 11.0. The minimum absolute atomic E-state index is 0.734. The quantitative estimate of drug-likeness (QED) is 0.0595. The molecule has 0 spiro atoms. The van der Waals surface area contributed by atoms with Gasteiger partial charge in [0.1, 0.15) is 0 Å². The monoisotopic (exact) mass is 929 g/mol. The summed E-state index contributed by atoms with van der Waals surface area (Å²) in [5.74, 6) is 0. The Labute approximate surface area is 419 Å². The van der Waals surface area contributed by atoms with Crippen LogP contribution in [0.15, 0.2) is 0 Å². The minimum Gasteiger partial charge on any atom is -0.313 e. The molecule has 0 aromatic carbocycles. The highest BCUT2D eigenvalue weighted by Crippen LogP contribution is 2.19. The van der Waals surface area contributed by atoms with Crippen LogP contribution in [0.3, 0.4) is 0 Å². The first-order valence-electron chi connectivity index (χ1n) is 31.6. The minimum atomic E-state index is 0.734. The average Bonchev–Trinajstić information content (AvgIpc) is 3.33. The Balaban J connectivity index is 2.38. The molecule has 4 heteroatoms. The second kappa shape index (κ2) is 54.2. The molecule has 2 N–H and O–H groups in total. The van der Waals surface area contributed by atoms with E-state index in [1.54, 1.807) is 0 Å². The normalized spacial score (nSPS) is 13.9. The second-order valence-electron chi connectivity index (χ2n) is 22.3. The van der Waals surface area contributed by atoms with E-state index in [0.717, 1.165) is 12.1 Å². The molecule has 0 bridgehead atoms. The average molecular weight is 930 g/mol. The number of nitrogens with zero attached hydrogens (tertiary/aromatic N) is 2. The highest BCUT2D eigenvalue weighted by Gasteiger charge is 2.18. The van der Waals surface area contributed by atoms with E-state index in [9.17, 15) is 0 Å². The van der Waals surface area contributed by atoms with Gasteiger partial charge >= 0.3 is 0 Å². The molecule has 0 aliphatic carbocycles. The maximum absolute atomic E-state index is 4.11. The van der Waals surface area contributed by atoms with E-state index in [1.807, 2.05) is 0 Å². The van der Waals surface area contributed by atoms with Crippen molar-refractivity contribution in [1.82, 2.24) is 20.4 Å². The Hall–Kier alpha value is -0.160. The van der Waals surface area contributed by atoms with Crippen molar-refractivity contribution in [1.29, 1.82) is 0 Å². The summed E-state index contributed by atoms with van der Waals surface area (Å²) in [6, 6.07) is 1.47. The summed E-state index contributed by atoms with van der Waals surface area (Å²) in [7, 11) is 0. The van der Waals surface area contributed by atoms with Gasteiger partial charge < -0.3 is 10.6 Å². The molecule has 1 aliphatic rings.